The van der Waals surface area contributed by atoms with E-state index < -0.39 is 10.0 Å². The number of nitrogens with zero attached hydrogens (tertiary/aromatic N) is 1. The minimum absolute atomic E-state index is 0.0949. The second-order valence-corrected chi connectivity index (χ2v) is 9.38. The van der Waals surface area contributed by atoms with Crippen LogP contribution in [0.4, 0.5) is 5.69 Å². The largest absolute Gasteiger partial charge is 0.326 e. The average molecular weight is 423 g/mol. The predicted molar refractivity (Wildman–Crippen MR) is 120 cm³/mol. The van der Waals surface area contributed by atoms with Crippen molar-refractivity contribution in [2.75, 3.05) is 12.4 Å². The molecule has 0 fully saturated rings. The minimum Gasteiger partial charge on any atom is -0.326 e. The van der Waals surface area contributed by atoms with Gasteiger partial charge in [0.25, 0.3) is 0 Å². The molecule has 3 rings (SSSR count). The van der Waals surface area contributed by atoms with Crippen LogP contribution in [0.15, 0.2) is 89.8 Å². The summed E-state index contributed by atoms with van der Waals surface area (Å²) in [4.78, 5) is 12.5. The molecule has 1 atom stereocenters. The van der Waals surface area contributed by atoms with E-state index in [1.807, 2.05) is 67.6 Å². The van der Waals surface area contributed by atoms with Crippen LogP contribution in [0.25, 0.3) is 0 Å². The van der Waals surface area contributed by atoms with E-state index in [4.69, 9.17) is 0 Å². The molecule has 1 unspecified atom stereocenters. The Balaban J connectivity index is 1.61. The molecule has 0 spiro atoms. The molecule has 0 saturated carbocycles. The molecular formula is C24H26N2O3S. The van der Waals surface area contributed by atoms with Gasteiger partial charge in [-0.05, 0) is 41.3 Å². The van der Waals surface area contributed by atoms with Crippen molar-refractivity contribution in [1.29, 1.82) is 0 Å². The van der Waals surface area contributed by atoms with Crippen LogP contribution < -0.4 is 5.32 Å². The van der Waals surface area contributed by atoms with Crippen molar-refractivity contribution in [2.24, 2.45) is 0 Å². The van der Waals surface area contributed by atoms with E-state index in [9.17, 15) is 13.2 Å². The Labute approximate surface area is 178 Å². The third-order valence-electron chi connectivity index (χ3n) is 4.95. The van der Waals surface area contributed by atoms with Crippen LogP contribution in [0, 0.1) is 0 Å². The lowest BCUT2D eigenvalue weighted by Crippen LogP contribution is -2.26. The molecule has 0 aliphatic rings. The molecule has 0 aromatic heterocycles. The fourth-order valence-electron chi connectivity index (χ4n) is 3.21. The van der Waals surface area contributed by atoms with Crippen molar-refractivity contribution < 1.29 is 13.2 Å². The fourth-order valence-corrected chi connectivity index (χ4v) is 4.36. The van der Waals surface area contributed by atoms with Crippen LogP contribution in [0.3, 0.4) is 0 Å². The van der Waals surface area contributed by atoms with E-state index in [0.717, 1.165) is 11.1 Å². The molecule has 30 heavy (non-hydrogen) atoms. The lowest BCUT2D eigenvalue weighted by molar-refractivity contribution is -0.116. The number of hydrogen-bond acceptors (Lipinski definition) is 3. The molecular weight excluding hydrogens is 396 g/mol. The highest BCUT2D eigenvalue weighted by Crippen LogP contribution is 2.21. The fraction of sp³-hybridized carbons (Fsp3) is 0.208. The van der Waals surface area contributed by atoms with Crippen LogP contribution in [0.5, 0.6) is 0 Å². The van der Waals surface area contributed by atoms with Gasteiger partial charge in [-0.2, -0.15) is 4.31 Å². The molecule has 0 heterocycles. The van der Waals surface area contributed by atoms with Crippen molar-refractivity contribution in [3.63, 3.8) is 0 Å². The predicted octanol–water partition coefficient (Wildman–Crippen LogP) is 4.64. The molecule has 1 N–H and O–H groups in total. The summed E-state index contributed by atoms with van der Waals surface area (Å²) in [6.45, 7) is 2.30. The average Bonchev–Trinajstić information content (AvgIpc) is 2.75. The Morgan fingerprint density at radius 2 is 1.47 bits per heavy atom. The molecule has 3 aromatic carbocycles. The molecule has 0 aliphatic heterocycles. The van der Waals surface area contributed by atoms with Crippen LogP contribution in [0.1, 0.15) is 30.4 Å². The van der Waals surface area contributed by atoms with Gasteiger partial charge in [-0.25, -0.2) is 8.42 Å². The van der Waals surface area contributed by atoms with Gasteiger partial charge in [0, 0.05) is 25.7 Å². The van der Waals surface area contributed by atoms with Gasteiger partial charge in [0.15, 0.2) is 0 Å². The van der Waals surface area contributed by atoms with Gasteiger partial charge >= 0.3 is 0 Å². The number of sulfonamides is 1. The molecule has 0 bridgehead atoms. The highest BCUT2D eigenvalue weighted by molar-refractivity contribution is 7.89. The summed E-state index contributed by atoms with van der Waals surface area (Å²) in [5.74, 6) is -0.0133. The summed E-state index contributed by atoms with van der Waals surface area (Å²) >= 11 is 0. The molecule has 0 radical (unpaired) electrons. The first-order valence-corrected chi connectivity index (χ1v) is 11.3. The van der Waals surface area contributed by atoms with Gasteiger partial charge in [0.1, 0.15) is 0 Å². The summed E-state index contributed by atoms with van der Waals surface area (Å²) in [5, 5.41) is 2.84. The summed E-state index contributed by atoms with van der Waals surface area (Å²) in [5.41, 5.74) is 2.60. The first-order chi connectivity index (χ1) is 14.4. The monoisotopic (exact) mass is 422 g/mol. The van der Waals surface area contributed by atoms with Crippen molar-refractivity contribution in [3.05, 3.63) is 96.1 Å². The van der Waals surface area contributed by atoms with Gasteiger partial charge in [-0.15, -0.1) is 0 Å². The summed E-state index contributed by atoms with van der Waals surface area (Å²) in [7, 11) is -2.06. The zero-order valence-corrected chi connectivity index (χ0v) is 18.0. The zero-order valence-electron chi connectivity index (χ0n) is 17.2. The first kappa shape index (κ1) is 21.7. The number of carbonyl (C=O) groups is 1. The van der Waals surface area contributed by atoms with E-state index in [1.54, 1.807) is 19.2 Å². The van der Waals surface area contributed by atoms with E-state index in [1.165, 1.54) is 16.4 Å². The van der Waals surface area contributed by atoms with Crippen molar-refractivity contribution in [1.82, 2.24) is 4.31 Å². The summed E-state index contributed by atoms with van der Waals surface area (Å²) in [6.07, 6.45) is 0.351. The van der Waals surface area contributed by atoms with E-state index in [-0.39, 0.29) is 16.7 Å². The number of amides is 1. The standard InChI is InChI=1S/C24H26N2O3S/c1-19(21-11-7-4-8-12-21)17-24(27)25-22-13-15-23(16-14-22)30(28,29)26(2)18-20-9-5-3-6-10-20/h3-16,19H,17-18H2,1-2H3,(H,25,27). The van der Waals surface area contributed by atoms with Crippen LogP contribution in [0.2, 0.25) is 0 Å². The molecule has 3 aromatic rings. The normalized spacial score (nSPS) is 12.5. The second-order valence-electron chi connectivity index (χ2n) is 7.34. The Hall–Kier alpha value is -2.96. The van der Waals surface area contributed by atoms with Crippen molar-refractivity contribution in [2.45, 2.75) is 30.7 Å². The Morgan fingerprint density at radius 3 is 2.07 bits per heavy atom. The smallest absolute Gasteiger partial charge is 0.243 e. The number of benzene rings is 3. The Bertz CT molecular complexity index is 1070. The van der Waals surface area contributed by atoms with E-state index in [2.05, 4.69) is 5.32 Å². The highest BCUT2D eigenvalue weighted by atomic mass is 32.2. The number of carbonyl (C=O) groups excluding carboxylic acids is 1. The maximum absolute atomic E-state index is 12.8. The van der Waals surface area contributed by atoms with Gasteiger partial charge in [-0.1, -0.05) is 67.6 Å². The van der Waals surface area contributed by atoms with Crippen molar-refractivity contribution >= 4 is 21.6 Å². The Morgan fingerprint density at radius 1 is 0.900 bits per heavy atom. The zero-order chi connectivity index (χ0) is 21.6. The van der Waals surface area contributed by atoms with Crippen LogP contribution in [-0.4, -0.2) is 25.7 Å². The van der Waals surface area contributed by atoms with Gasteiger partial charge in [0.05, 0.1) is 4.90 Å². The number of hydrogen-bond donors (Lipinski definition) is 1. The van der Waals surface area contributed by atoms with E-state index >= 15 is 0 Å². The van der Waals surface area contributed by atoms with E-state index in [0.29, 0.717) is 18.7 Å². The molecule has 0 aliphatic carbocycles. The maximum atomic E-state index is 12.8. The highest BCUT2D eigenvalue weighted by Gasteiger charge is 2.21. The lowest BCUT2D eigenvalue weighted by Gasteiger charge is -2.17. The van der Waals surface area contributed by atoms with Crippen molar-refractivity contribution in [3.8, 4) is 0 Å². The molecule has 6 heteroatoms. The topological polar surface area (TPSA) is 66.5 Å². The number of rotatable bonds is 8. The SMILES string of the molecule is CC(CC(=O)Nc1ccc(S(=O)(=O)N(C)Cc2ccccc2)cc1)c1ccccc1. The minimum atomic E-state index is -3.62. The lowest BCUT2D eigenvalue weighted by atomic mass is 9.97. The second kappa shape index (κ2) is 9.69. The molecule has 0 saturated heterocycles. The summed E-state index contributed by atoms with van der Waals surface area (Å²) in [6, 6.07) is 25.6. The quantitative estimate of drug-likeness (QED) is 0.575. The van der Waals surface area contributed by atoms with Crippen LogP contribution >= 0.6 is 0 Å². The number of nitrogens with one attached hydrogen (secondary N) is 1. The molecule has 5 nitrogen and oxygen atoms in total. The van der Waals surface area contributed by atoms with Gasteiger partial charge in [0.2, 0.25) is 15.9 Å². The Kier molecular flexibility index (Phi) is 7.03. The van der Waals surface area contributed by atoms with Gasteiger partial charge < -0.3 is 5.32 Å². The summed E-state index contributed by atoms with van der Waals surface area (Å²) < 4.78 is 26.9. The molecule has 156 valence electrons. The maximum Gasteiger partial charge on any atom is 0.243 e. The third-order valence-corrected chi connectivity index (χ3v) is 6.77. The molecule has 1 amide bonds. The van der Waals surface area contributed by atoms with Crippen LogP contribution in [-0.2, 0) is 21.4 Å². The van der Waals surface area contributed by atoms with Gasteiger partial charge in [-0.3, -0.25) is 4.79 Å². The number of anilines is 1. The third kappa shape index (κ3) is 5.55. The first-order valence-electron chi connectivity index (χ1n) is 9.81.